The summed E-state index contributed by atoms with van der Waals surface area (Å²) in [5.74, 6) is -1.15. The van der Waals surface area contributed by atoms with Gasteiger partial charge < -0.3 is 16.0 Å². The molecule has 9 heteroatoms. The van der Waals surface area contributed by atoms with Crippen molar-refractivity contribution in [3.8, 4) is 0 Å². The van der Waals surface area contributed by atoms with Crippen LogP contribution < -0.4 is 21.3 Å². The monoisotopic (exact) mass is 378 g/mol. The number of rotatable bonds is 8. The fraction of sp³-hybridized carbons (Fsp3) is 0.667. The summed E-state index contributed by atoms with van der Waals surface area (Å²) in [7, 11) is 0. The molecule has 27 heavy (non-hydrogen) atoms. The van der Waals surface area contributed by atoms with Crippen molar-refractivity contribution in [3.05, 3.63) is 11.8 Å². The molecule has 9 nitrogen and oxygen atoms in total. The quantitative estimate of drug-likeness (QED) is 0.400. The molecule has 4 N–H and O–H groups in total. The van der Waals surface area contributed by atoms with Gasteiger partial charge in [-0.25, -0.2) is 4.68 Å². The second-order valence-electron chi connectivity index (χ2n) is 6.86. The third-order valence-electron chi connectivity index (χ3n) is 4.38. The summed E-state index contributed by atoms with van der Waals surface area (Å²) in [5.41, 5.74) is 0.669. The van der Waals surface area contributed by atoms with Gasteiger partial charge in [0.05, 0.1) is 5.69 Å². The summed E-state index contributed by atoms with van der Waals surface area (Å²) in [6.45, 7) is 6.38. The van der Waals surface area contributed by atoms with E-state index in [9.17, 15) is 14.4 Å². The molecule has 0 aliphatic carbocycles. The van der Waals surface area contributed by atoms with Crippen LogP contribution in [0.2, 0.25) is 0 Å². The van der Waals surface area contributed by atoms with E-state index in [-0.39, 0.29) is 11.9 Å². The number of amides is 3. The number of aryl methyl sites for hydroxylation is 1. The Morgan fingerprint density at radius 1 is 1.26 bits per heavy atom. The van der Waals surface area contributed by atoms with E-state index in [2.05, 4.69) is 40.2 Å². The van der Waals surface area contributed by atoms with E-state index >= 15 is 0 Å². The zero-order valence-corrected chi connectivity index (χ0v) is 16.3. The smallest absolute Gasteiger partial charge is 0.314 e. The van der Waals surface area contributed by atoms with Gasteiger partial charge in [-0.15, -0.1) is 0 Å². The number of carbonyl (C=O) groups is 3. The van der Waals surface area contributed by atoms with Crippen LogP contribution in [0.1, 0.15) is 64.4 Å². The van der Waals surface area contributed by atoms with Gasteiger partial charge in [-0.05, 0) is 19.8 Å². The molecule has 150 valence electrons. The molecule has 2 rings (SSSR count). The predicted molar refractivity (Wildman–Crippen MR) is 102 cm³/mol. The SMILES string of the molecule is CCCCCNC(=O)C(=O)Nc1cc(C)nn1C1NC(=O)CC(CCC)N1. The van der Waals surface area contributed by atoms with Crippen LogP contribution in [-0.4, -0.2) is 40.1 Å². The first-order chi connectivity index (χ1) is 12.9. The van der Waals surface area contributed by atoms with Gasteiger partial charge in [0, 0.05) is 25.1 Å². The number of hydrogen-bond acceptors (Lipinski definition) is 5. The average Bonchev–Trinajstić information content (AvgIpc) is 2.98. The molecule has 2 unspecified atom stereocenters. The summed E-state index contributed by atoms with van der Waals surface area (Å²) in [5, 5.41) is 15.7. The maximum Gasteiger partial charge on any atom is 0.314 e. The number of carbonyl (C=O) groups excluding carboxylic acids is 3. The van der Waals surface area contributed by atoms with Gasteiger partial charge in [-0.3, -0.25) is 19.7 Å². The molecular weight excluding hydrogens is 348 g/mol. The molecule has 0 saturated carbocycles. The Balaban J connectivity index is 2.03. The maximum atomic E-state index is 12.2. The Morgan fingerprint density at radius 2 is 2.04 bits per heavy atom. The highest BCUT2D eigenvalue weighted by atomic mass is 16.2. The van der Waals surface area contributed by atoms with Crippen LogP contribution in [0.4, 0.5) is 5.82 Å². The van der Waals surface area contributed by atoms with Crippen molar-refractivity contribution in [2.24, 2.45) is 0 Å². The molecule has 0 radical (unpaired) electrons. The Labute approximate surface area is 159 Å². The largest absolute Gasteiger partial charge is 0.348 e. The minimum atomic E-state index is -0.750. The van der Waals surface area contributed by atoms with Crippen LogP contribution in [0.3, 0.4) is 0 Å². The average molecular weight is 378 g/mol. The first kappa shape index (κ1) is 20.9. The summed E-state index contributed by atoms with van der Waals surface area (Å²) in [6.07, 6.45) is 4.54. The zero-order chi connectivity index (χ0) is 19.8. The topological polar surface area (TPSA) is 117 Å². The van der Waals surface area contributed by atoms with Crippen molar-refractivity contribution >= 4 is 23.5 Å². The maximum absolute atomic E-state index is 12.2. The van der Waals surface area contributed by atoms with E-state index in [1.54, 1.807) is 13.0 Å². The van der Waals surface area contributed by atoms with E-state index in [4.69, 9.17) is 0 Å². The highest BCUT2D eigenvalue weighted by Gasteiger charge is 2.29. The Hall–Kier alpha value is -2.42. The molecule has 0 bridgehead atoms. The second kappa shape index (κ2) is 10.1. The van der Waals surface area contributed by atoms with Crippen LogP contribution in [0.5, 0.6) is 0 Å². The molecular formula is C18H30N6O3. The molecule has 2 atom stereocenters. The predicted octanol–water partition coefficient (Wildman–Crippen LogP) is 1.17. The molecule has 1 aliphatic rings. The van der Waals surface area contributed by atoms with Crippen LogP contribution in [0.25, 0.3) is 0 Å². The molecule has 0 spiro atoms. The van der Waals surface area contributed by atoms with E-state index in [0.717, 1.165) is 32.1 Å². The number of nitrogens with zero attached hydrogens (tertiary/aromatic N) is 2. The van der Waals surface area contributed by atoms with Crippen LogP contribution in [0.15, 0.2) is 6.07 Å². The summed E-state index contributed by atoms with van der Waals surface area (Å²) in [4.78, 5) is 36.1. The number of unbranched alkanes of at least 4 members (excludes halogenated alkanes) is 2. The van der Waals surface area contributed by atoms with E-state index in [1.807, 2.05) is 0 Å². The van der Waals surface area contributed by atoms with Gasteiger partial charge >= 0.3 is 11.8 Å². The minimum Gasteiger partial charge on any atom is -0.348 e. The van der Waals surface area contributed by atoms with Crippen molar-refractivity contribution in [1.82, 2.24) is 25.7 Å². The van der Waals surface area contributed by atoms with Gasteiger partial charge in [-0.2, -0.15) is 5.10 Å². The highest BCUT2D eigenvalue weighted by molar-refractivity contribution is 6.39. The van der Waals surface area contributed by atoms with Gasteiger partial charge in [0.15, 0.2) is 6.29 Å². The third-order valence-corrected chi connectivity index (χ3v) is 4.38. The van der Waals surface area contributed by atoms with E-state index in [1.165, 1.54) is 4.68 Å². The number of nitrogens with one attached hydrogen (secondary N) is 4. The van der Waals surface area contributed by atoms with Gasteiger partial charge in [0.1, 0.15) is 5.82 Å². The summed E-state index contributed by atoms with van der Waals surface area (Å²) in [6, 6.07) is 1.71. The molecule has 1 aromatic rings. The lowest BCUT2D eigenvalue weighted by Gasteiger charge is -2.32. The van der Waals surface area contributed by atoms with Gasteiger partial charge in [0.25, 0.3) is 0 Å². The van der Waals surface area contributed by atoms with Gasteiger partial charge in [-0.1, -0.05) is 33.1 Å². The fourth-order valence-corrected chi connectivity index (χ4v) is 3.06. The number of hydrogen-bond donors (Lipinski definition) is 4. The molecule has 1 saturated heterocycles. The van der Waals surface area contributed by atoms with Crippen LogP contribution in [-0.2, 0) is 14.4 Å². The molecule has 1 aromatic heterocycles. The molecule has 3 amide bonds. The number of anilines is 1. The van der Waals surface area contributed by atoms with Gasteiger partial charge in [0.2, 0.25) is 5.91 Å². The summed E-state index contributed by atoms with van der Waals surface area (Å²) >= 11 is 0. The van der Waals surface area contributed by atoms with E-state index < -0.39 is 18.1 Å². The highest BCUT2D eigenvalue weighted by Crippen LogP contribution is 2.18. The zero-order valence-electron chi connectivity index (χ0n) is 16.3. The molecule has 0 aromatic carbocycles. The van der Waals surface area contributed by atoms with Crippen molar-refractivity contribution in [3.63, 3.8) is 0 Å². The first-order valence-electron chi connectivity index (χ1n) is 9.65. The lowest BCUT2D eigenvalue weighted by atomic mass is 10.1. The standard InChI is InChI=1S/C18H30N6O3/c1-4-6-7-9-19-16(26)17(27)21-14-10-12(3)23-24(14)18-20-13(8-5-2)11-15(25)22-18/h10,13,18,20H,4-9,11H2,1-3H3,(H,19,26)(H,21,27)(H,22,25). The second-order valence-corrected chi connectivity index (χ2v) is 6.86. The third kappa shape index (κ3) is 6.06. The van der Waals surface area contributed by atoms with Crippen molar-refractivity contribution in [2.75, 3.05) is 11.9 Å². The van der Waals surface area contributed by atoms with Crippen molar-refractivity contribution in [1.29, 1.82) is 0 Å². The minimum absolute atomic E-state index is 0.0451. The first-order valence-corrected chi connectivity index (χ1v) is 9.65. The molecule has 1 aliphatic heterocycles. The summed E-state index contributed by atoms with van der Waals surface area (Å²) < 4.78 is 1.50. The normalized spacial score (nSPS) is 19.4. The lowest BCUT2D eigenvalue weighted by molar-refractivity contribution is -0.136. The van der Waals surface area contributed by atoms with Crippen molar-refractivity contribution in [2.45, 2.75) is 71.6 Å². The molecule has 1 fully saturated rings. The Morgan fingerprint density at radius 3 is 2.74 bits per heavy atom. The van der Waals surface area contributed by atoms with Crippen molar-refractivity contribution < 1.29 is 14.4 Å². The Kier molecular flexibility index (Phi) is 7.78. The number of aromatic nitrogens is 2. The Bertz CT molecular complexity index is 672. The van der Waals surface area contributed by atoms with Crippen LogP contribution >= 0.6 is 0 Å². The van der Waals surface area contributed by atoms with E-state index in [0.29, 0.717) is 24.5 Å². The fourth-order valence-electron chi connectivity index (χ4n) is 3.06. The lowest BCUT2D eigenvalue weighted by Crippen LogP contribution is -2.53. The molecule has 2 heterocycles. The van der Waals surface area contributed by atoms with Crippen LogP contribution in [0, 0.1) is 6.92 Å².